The van der Waals surface area contributed by atoms with Gasteiger partial charge in [-0.15, -0.1) is 0 Å². The molecule has 0 radical (unpaired) electrons. The summed E-state index contributed by atoms with van der Waals surface area (Å²) < 4.78 is 14.1. The summed E-state index contributed by atoms with van der Waals surface area (Å²) in [7, 11) is 9.34. The maximum absolute atomic E-state index is 10.5. The third-order valence-electron chi connectivity index (χ3n) is 2.63. The van der Waals surface area contributed by atoms with Gasteiger partial charge in [-0.05, 0) is 36.4 Å². The molecule has 0 unspecified atom stereocenters. The van der Waals surface area contributed by atoms with Crippen LogP contribution in [0.3, 0.4) is 0 Å². The molecule has 0 aromatic carbocycles. The van der Waals surface area contributed by atoms with E-state index in [2.05, 4.69) is 20.2 Å². The van der Waals surface area contributed by atoms with Crippen molar-refractivity contribution in [3.05, 3.63) is 72.5 Å². The molecule has 0 atom stereocenters. The first-order valence-electron chi connectivity index (χ1n) is 7.39. The van der Waals surface area contributed by atoms with Crippen LogP contribution in [0.15, 0.2) is 68.4 Å². The summed E-state index contributed by atoms with van der Waals surface area (Å²) >= 11 is 0.757. The summed E-state index contributed by atoms with van der Waals surface area (Å²) in [5, 5.41) is 0. The zero-order chi connectivity index (χ0) is 22.8. The Morgan fingerprint density at radius 2 is 0.875 bits per heavy atom. The van der Waals surface area contributed by atoms with Gasteiger partial charge in [0, 0.05) is 0 Å². The van der Waals surface area contributed by atoms with E-state index in [1.165, 1.54) is 37.0 Å². The van der Waals surface area contributed by atoms with Crippen molar-refractivity contribution >= 4 is 37.9 Å². The van der Waals surface area contributed by atoms with Crippen molar-refractivity contribution in [3.63, 3.8) is 0 Å². The molecule has 3 rings (SSSR count). The summed E-state index contributed by atoms with van der Waals surface area (Å²) in [4.78, 5) is 31.6. The van der Waals surface area contributed by atoms with Gasteiger partial charge in [0.15, 0.2) is 17.3 Å². The molecule has 0 aliphatic carbocycles. The Morgan fingerprint density at radius 1 is 0.656 bits per heavy atom. The van der Waals surface area contributed by atoms with Gasteiger partial charge in [-0.2, -0.15) is 0 Å². The van der Waals surface area contributed by atoms with Gasteiger partial charge in [0.1, 0.15) is 0 Å². The fourth-order valence-corrected chi connectivity index (χ4v) is 1.44. The molecular weight excluding hydrogens is 527 g/mol. The molecule has 32 heavy (non-hydrogen) atoms. The summed E-state index contributed by atoms with van der Waals surface area (Å²) in [6.07, 6.45) is 4.22. The third-order valence-corrected chi connectivity index (χ3v) is 2.63. The Morgan fingerprint density at radius 3 is 1.00 bits per heavy atom. The standard InChI is InChI=1S/3C5H6N2O2.2ClH.Cu.2H2O/c3*6-7-5(8)4-2-1-3-9-4;;;;;/h3*1-3H,6H2,(H,7,8);2*1H;;2*1H2/q;;;;;+2;;/p-2. The molecular formula is C15H22Cl2CuN6O8. The van der Waals surface area contributed by atoms with Crippen molar-refractivity contribution in [2.24, 2.45) is 17.5 Å². The second kappa shape index (κ2) is 21.4. The molecule has 17 heteroatoms. The van der Waals surface area contributed by atoms with Gasteiger partial charge >= 0.3 is 51.1 Å². The Hall–Kier alpha value is -2.85. The Balaban J connectivity index is -0.000000360. The van der Waals surface area contributed by atoms with Gasteiger partial charge in [0.25, 0.3) is 0 Å². The molecule has 14 nitrogen and oxygen atoms in total. The molecule has 0 bridgehead atoms. The van der Waals surface area contributed by atoms with E-state index in [0.717, 1.165) is 13.1 Å². The molecule has 185 valence electrons. The average Bonchev–Trinajstić information content (AvgIpc) is 3.56. The van der Waals surface area contributed by atoms with E-state index in [-0.39, 0.29) is 28.2 Å². The monoisotopic (exact) mass is 547 g/mol. The molecule has 0 aliphatic heterocycles. The predicted octanol–water partition coefficient (Wildman–Crippen LogP) is -0.624. The van der Waals surface area contributed by atoms with Crippen molar-refractivity contribution in [1.29, 1.82) is 0 Å². The van der Waals surface area contributed by atoms with Crippen molar-refractivity contribution in [2.45, 2.75) is 0 Å². The number of carbonyl (C=O) groups is 3. The normalized spacial score (nSPS) is 8.28. The number of nitrogen functional groups attached to an aromatic ring is 3. The number of rotatable bonds is 3. The number of carbonyl (C=O) groups excluding carboxylic acids is 3. The van der Waals surface area contributed by atoms with Crippen LogP contribution < -0.4 is 33.8 Å². The van der Waals surface area contributed by atoms with Gasteiger partial charge in [0.2, 0.25) is 0 Å². The number of furan rings is 3. The van der Waals surface area contributed by atoms with Crippen LogP contribution in [-0.4, -0.2) is 28.7 Å². The molecule has 0 spiro atoms. The molecule has 3 heterocycles. The molecule has 3 amide bonds. The molecule has 3 aromatic heterocycles. The van der Waals surface area contributed by atoms with E-state index in [9.17, 15) is 14.4 Å². The van der Waals surface area contributed by atoms with Crippen LogP contribution >= 0.6 is 20.2 Å². The van der Waals surface area contributed by atoms with Gasteiger partial charge in [-0.3, -0.25) is 30.7 Å². The first-order valence-corrected chi connectivity index (χ1v) is 9.98. The Bertz CT molecular complexity index is 724. The number of hydrogen-bond acceptors (Lipinski definition) is 9. The first-order chi connectivity index (χ1) is 14.4. The van der Waals surface area contributed by atoms with Crippen LogP contribution in [0.1, 0.15) is 31.7 Å². The zero-order valence-electron chi connectivity index (χ0n) is 15.9. The number of hydrazine groups is 3. The van der Waals surface area contributed by atoms with E-state index in [4.69, 9.17) is 30.8 Å². The van der Waals surface area contributed by atoms with Gasteiger partial charge < -0.3 is 24.2 Å². The number of amides is 3. The summed E-state index contributed by atoms with van der Waals surface area (Å²) in [6, 6.07) is 9.44. The van der Waals surface area contributed by atoms with Gasteiger partial charge in [-0.25, -0.2) is 17.5 Å². The second-order valence-corrected chi connectivity index (χ2v) is 5.95. The van der Waals surface area contributed by atoms with Crippen molar-refractivity contribution in [1.82, 2.24) is 16.3 Å². The van der Waals surface area contributed by atoms with E-state index in [1.807, 2.05) is 16.3 Å². The van der Waals surface area contributed by atoms with Crippen molar-refractivity contribution in [2.75, 3.05) is 0 Å². The van der Waals surface area contributed by atoms with E-state index >= 15 is 0 Å². The molecule has 3 aromatic rings. The van der Waals surface area contributed by atoms with Crippen LogP contribution in [-0.2, 0) is 13.1 Å². The van der Waals surface area contributed by atoms with Crippen molar-refractivity contribution in [3.8, 4) is 0 Å². The molecule has 0 saturated heterocycles. The second-order valence-electron chi connectivity index (χ2n) is 4.40. The van der Waals surface area contributed by atoms with E-state index in [0.29, 0.717) is 0 Å². The predicted molar refractivity (Wildman–Crippen MR) is 110 cm³/mol. The molecule has 0 aliphatic rings. The Kier molecular flexibility index (Phi) is 22.6. The number of nitrogens with one attached hydrogen (secondary N) is 3. The maximum atomic E-state index is 10.5. The number of halogens is 2. The van der Waals surface area contributed by atoms with Crippen LogP contribution in [0.2, 0.25) is 0 Å². The Labute approximate surface area is 195 Å². The summed E-state index contributed by atoms with van der Waals surface area (Å²) in [6.45, 7) is 0. The van der Waals surface area contributed by atoms with E-state index in [1.54, 1.807) is 18.2 Å². The van der Waals surface area contributed by atoms with Gasteiger partial charge in [-0.1, -0.05) is 0 Å². The minimum atomic E-state index is -0.417. The van der Waals surface area contributed by atoms with Crippen LogP contribution in [0, 0.1) is 0 Å². The quantitative estimate of drug-likeness (QED) is 0.105. The fraction of sp³-hybridized carbons (Fsp3) is 0. The average molecular weight is 549 g/mol. The SMILES string of the molecule is NNC(=O)c1ccco1.NNC(=O)c1ccco1.NNC(=O)c1ccco1.O.O.[Cl][Cu][Cl]. The topological polar surface area (TPSA) is 268 Å². The van der Waals surface area contributed by atoms with Crippen LogP contribution in [0.5, 0.6) is 0 Å². The molecule has 0 saturated carbocycles. The summed E-state index contributed by atoms with van der Waals surface area (Å²) in [5.74, 6) is 13.8. The summed E-state index contributed by atoms with van der Waals surface area (Å²) in [5.41, 5.74) is 5.80. The van der Waals surface area contributed by atoms with Crippen LogP contribution in [0.25, 0.3) is 0 Å². The van der Waals surface area contributed by atoms with Crippen LogP contribution in [0.4, 0.5) is 0 Å². The fourth-order valence-electron chi connectivity index (χ4n) is 1.44. The molecule has 0 fully saturated rings. The first kappa shape index (κ1) is 33.8. The number of hydrogen-bond donors (Lipinski definition) is 6. The minimum absolute atomic E-state index is 0. The third kappa shape index (κ3) is 14.2. The van der Waals surface area contributed by atoms with E-state index < -0.39 is 17.7 Å². The number of nitrogens with two attached hydrogens (primary N) is 3. The van der Waals surface area contributed by atoms with Gasteiger partial charge in [0.05, 0.1) is 18.8 Å². The van der Waals surface area contributed by atoms with Crippen molar-refractivity contribution < 1.29 is 51.7 Å². The zero-order valence-corrected chi connectivity index (χ0v) is 18.4. The molecule has 13 N–H and O–H groups in total.